The molecule has 0 saturated heterocycles. The second-order valence-electron chi connectivity index (χ2n) is 3.56. The van der Waals surface area contributed by atoms with Crippen molar-refractivity contribution in [2.45, 2.75) is 6.18 Å². The van der Waals surface area contributed by atoms with Gasteiger partial charge in [0.2, 0.25) is 0 Å². The van der Waals surface area contributed by atoms with E-state index >= 15 is 0 Å². The summed E-state index contributed by atoms with van der Waals surface area (Å²) in [5.74, 6) is -1.49. The largest absolute Gasteiger partial charge is 0.477 e. The van der Waals surface area contributed by atoms with Gasteiger partial charge in [-0.05, 0) is 12.1 Å². The van der Waals surface area contributed by atoms with Gasteiger partial charge in [0.1, 0.15) is 11.4 Å². The highest BCUT2D eigenvalue weighted by atomic mass is 19.4. The molecule has 3 N–H and O–H groups in total. The Kier molecular flexibility index (Phi) is 2.89. The van der Waals surface area contributed by atoms with Crippen molar-refractivity contribution >= 4 is 11.8 Å². The van der Waals surface area contributed by atoms with Crippen molar-refractivity contribution in [1.82, 2.24) is 14.8 Å². The number of nitrogens with two attached hydrogens (primary N) is 1. The van der Waals surface area contributed by atoms with E-state index in [9.17, 15) is 18.0 Å². The Labute approximate surface area is 104 Å². The summed E-state index contributed by atoms with van der Waals surface area (Å²) in [6.07, 6.45) is -2.87. The molecule has 0 fully saturated rings. The number of carbonyl (C=O) groups is 1. The van der Waals surface area contributed by atoms with Gasteiger partial charge in [-0.3, -0.25) is 0 Å². The Morgan fingerprint density at radius 3 is 2.42 bits per heavy atom. The highest BCUT2D eigenvalue weighted by Gasteiger charge is 2.30. The lowest BCUT2D eigenvalue weighted by Crippen LogP contribution is -2.09. The molecular weight excluding hydrogens is 265 g/mol. The normalized spacial score (nSPS) is 11.5. The van der Waals surface area contributed by atoms with Crippen LogP contribution in [0.25, 0.3) is 5.82 Å². The molecule has 2 aromatic rings. The maximum absolute atomic E-state index is 12.3. The van der Waals surface area contributed by atoms with Crippen LogP contribution in [-0.4, -0.2) is 25.8 Å². The summed E-state index contributed by atoms with van der Waals surface area (Å²) in [6, 6.07) is 1.86. The van der Waals surface area contributed by atoms with Crippen LogP contribution in [0, 0.1) is 0 Å². The van der Waals surface area contributed by atoms with E-state index in [4.69, 9.17) is 10.8 Å². The van der Waals surface area contributed by atoms with Crippen LogP contribution in [0.3, 0.4) is 0 Å². The predicted octanol–water partition coefficient (Wildman–Crippen LogP) is 1.57. The number of aromatic carboxylic acids is 1. The van der Waals surface area contributed by atoms with Crippen LogP contribution in [0.5, 0.6) is 0 Å². The van der Waals surface area contributed by atoms with Gasteiger partial charge in [-0.1, -0.05) is 0 Å². The van der Waals surface area contributed by atoms with Crippen LogP contribution in [-0.2, 0) is 6.18 Å². The number of anilines is 1. The number of hydrogen-bond donors (Lipinski definition) is 2. The van der Waals surface area contributed by atoms with Crippen LogP contribution in [0.2, 0.25) is 0 Å². The molecule has 100 valence electrons. The monoisotopic (exact) mass is 272 g/mol. The van der Waals surface area contributed by atoms with Crippen LogP contribution >= 0.6 is 0 Å². The number of aromatic nitrogens is 3. The summed E-state index contributed by atoms with van der Waals surface area (Å²) in [5, 5.41) is 12.4. The summed E-state index contributed by atoms with van der Waals surface area (Å²) in [7, 11) is 0. The lowest BCUT2D eigenvalue weighted by Gasteiger charge is -2.07. The van der Waals surface area contributed by atoms with Crippen molar-refractivity contribution in [3.63, 3.8) is 0 Å². The minimum absolute atomic E-state index is 0.00185. The fraction of sp³-hybridized carbons (Fsp3) is 0.100. The zero-order valence-electron chi connectivity index (χ0n) is 9.22. The van der Waals surface area contributed by atoms with E-state index in [-0.39, 0.29) is 17.2 Å². The van der Waals surface area contributed by atoms with Crippen molar-refractivity contribution in [3.05, 3.63) is 35.7 Å². The molecule has 6 nitrogen and oxygen atoms in total. The molecule has 0 aliphatic heterocycles. The number of rotatable bonds is 2. The fourth-order valence-electron chi connectivity index (χ4n) is 1.38. The Balaban J connectivity index is 2.41. The number of pyridine rings is 1. The Bertz CT molecular complexity index is 619. The highest BCUT2D eigenvalue weighted by molar-refractivity contribution is 5.92. The summed E-state index contributed by atoms with van der Waals surface area (Å²) >= 11 is 0. The lowest BCUT2D eigenvalue weighted by molar-refractivity contribution is -0.137. The molecule has 2 heterocycles. The van der Waals surface area contributed by atoms with E-state index < -0.39 is 17.7 Å². The average Bonchev–Trinajstić information content (AvgIpc) is 2.70. The van der Waals surface area contributed by atoms with Gasteiger partial charge in [0.05, 0.1) is 11.8 Å². The molecule has 0 radical (unpaired) electrons. The van der Waals surface area contributed by atoms with Crippen LogP contribution in [0.1, 0.15) is 15.9 Å². The summed E-state index contributed by atoms with van der Waals surface area (Å²) in [4.78, 5) is 14.3. The number of alkyl halides is 3. The van der Waals surface area contributed by atoms with E-state index in [0.717, 1.165) is 23.0 Å². The quantitative estimate of drug-likeness (QED) is 0.865. The first-order valence-electron chi connectivity index (χ1n) is 4.91. The molecule has 0 saturated carbocycles. The number of hydrogen-bond acceptors (Lipinski definition) is 4. The first-order valence-corrected chi connectivity index (χ1v) is 4.91. The van der Waals surface area contributed by atoms with E-state index in [0.29, 0.717) is 6.20 Å². The molecule has 19 heavy (non-hydrogen) atoms. The highest BCUT2D eigenvalue weighted by Crippen LogP contribution is 2.29. The van der Waals surface area contributed by atoms with Gasteiger partial charge in [-0.2, -0.15) is 23.0 Å². The molecular formula is C10H7F3N4O2. The van der Waals surface area contributed by atoms with Gasteiger partial charge in [0, 0.05) is 6.20 Å². The zero-order valence-corrected chi connectivity index (χ0v) is 9.22. The van der Waals surface area contributed by atoms with Crippen molar-refractivity contribution in [3.8, 4) is 5.82 Å². The van der Waals surface area contributed by atoms with Gasteiger partial charge in [-0.25, -0.2) is 9.78 Å². The number of carboxylic acids is 1. The average molecular weight is 272 g/mol. The number of halogens is 3. The maximum atomic E-state index is 12.3. The third-order valence-electron chi connectivity index (χ3n) is 2.33. The van der Waals surface area contributed by atoms with Crippen LogP contribution < -0.4 is 5.73 Å². The first-order chi connectivity index (χ1) is 8.80. The van der Waals surface area contributed by atoms with Gasteiger partial charge in [0.15, 0.2) is 5.82 Å². The molecule has 0 unspecified atom stereocenters. The van der Waals surface area contributed by atoms with E-state index in [1.165, 1.54) is 0 Å². The molecule has 2 rings (SSSR count). The molecule has 0 aromatic carbocycles. The summed E-state index contributed by atoms with van der Waals surface area (Å²) in [6.45, 7) is 0. The standard InChI is InChI=1S/C10H7F3N4O2/c11-10(12,13)5-1-2-7(15-3-5)17-8(14)6(4-16-17)9(18)19/h1-4H,14H2,(H,18,19). The molecule has 0 aliphatic carbocycles. The zero-order chi connectivity index (χ0) is 14.2. The SMILES string of the molecule is Nc1c(C(=O)O)cnn1-c1ccc(C(F)(F)F)cn1. The van der Waals surface area contributed by atoms with Gasteiger partial charge in [-0.15, -0.1) is 0 Å². The minimum atomic E-state index is -4.49. The number of nitrogen functional groups attached to an aromatic ring is 1. The second-order valence-corrected chi connectivity index (χ2v) is 3.56. The third kappa shape index (κ3) is 2.34. The third-order valence-corrected chi connectivity index (χ3v) is 2.33. The lowest BCUT2D eigenvalue weighted by atomic mass is 10.3. The summed E-state index contributed by atoms with van der Waals surface area (Å²) < 4.78 is 38.0. The topological polar surface area (TPSA) is 94.0 Å². The Morgan fingerprint density at radius 2 is 2.00 bits per heavy atom. The molecule has 9 heteroatoms. The van der Waals surface area contributed by atoms with Crippen molar-refractivity contribution in [1.29, 1.82) is 0 Å². The van der Waals surface area contributed by atoms with Crippen molar-refractivity contribution in [2.24, 2.45) is 0 Å². The van der Waals surface area contributed by atoms with Crippen molar-refractivity contribution < 1.29 is 23.1 Å². The van der Waals surface area contributed by atoms with E-state index in [1.807, 2.05) is 0 Å². The maximum Gasteiger partial charge on any atom is 0.417 e. The number of carboxylic acid groups (broad SMARTS) is 1. The van der Waals surface area contributed by atoms with Crippen LogP contribution in [0.4, 0.5) is 19.0 Å². The van der Waals surface area contributed by atoms with Crippen LogP contribution in [0.15, 0.2) is 24.5 Å². The second kappa shape index (κ2) is 4.26. The van der Waals surface area contributed by atoms with E-state index in [1.54, 1.807) is 0 Å². The molecule has 0 bridgehead atoms. The Hall–Kier alpha value is -2.58. The first kappa shape index (κ1) is 12.9. The molecule has 0 spiro atoms. The van der Waals surface area contributed by atoms with E-state index in [2.05, 4.69) is 10.1 Å². The molecule has 0 atom stereocenters. The van der Waals surface area contributed by atoms with Crippen molar-refractivity contribution in [2.75, 3.05) is 5.73 Å². The predicted molar refractivity (Wildman–Crippen MR) is 57.7 cm³/mol. The van der Waals surface area contributed by atoms with Gasteiger partial charge in [0.25, 0.3) is 0 Å². The minimum Gasteiger partial charge on any atom is -0.477 e. The molecule has 0 aliphatic rings. The smallest absolute Gasteiger partial charge is 0.417 e. The molecule has 0 amide bonds. The fourth-order valence-corrected chi connectivity index (χ4v) is 1.38. The van der Waals surface area contributed by atoms with Gasteiger partial charge >= 0.3 is 12.1 Å². The Morgan fingerprint density at radius 1 is 1.32 bits per heavy atom. The number of nitrogens with zero attached hydrogens (tertiary/aromatic N) is 3. The molecule has 2 aromatic heterocycles. The van der Waals surface area contributed by atoms with Gasteiger partial charge < -0.3 is 10.8 Å². The summed E-state index contributed by atoms with van der Waals surface area (Å²) in [5.41, 5.74) is 4.35.